The number of hydrogen-bond acceptors (Lipinski definition) is 6. The second-order valence-corrected chi connectivity index (χ2v) is 5.25. The van der Waals surface area contributed by atoms with E-state index in [-0.39, 0.29) is 6.61 Å². The molecule has 0 atom stereocenters. The van der Waals surface area contributed by atoms with Gasteiger partial charge in [-0.05, 0) is 41.5 Å². The molecule has 0 bridgehead atoms. The molecule has 2 rings (SSSR count). The summed E-state index contributed by atoms with van der Waals surface area (Å²) in [7, 11) is 2.62. The van der Waals surface area contributed by atoms with Gasteiger partial charge in [0.2, 0.25) is 0 Å². The van der Waals surface area contributed by atoms with Crippen molar-refractivity contribution in [3.8, 4) is 0 Å². The van der Waals surface area contributed by atoms with Crippen LogP contribution in [-0.4, -0.2) is 32.1 Å². The number of carbonyl (C=O) groups excluding carboxylic acids is 3. The van der Waals surface area contributed by atoms with Crippen LogP contribution in [0.1, 0.15) is 31.8 Å². The van der Waals surface area contributed by atoms with Crippen molar-refractivity contribution in [3.63, 3.8) is 0 Å². The van der Waals surface area contributed by atoms with Gasteiger partial charge >= 0.3 is 17.9 Å². The van der Waals surface area contributed by atoms with Crippen molar-refractivity contribution in [2.45, 2.75) is 6.61 Å². The highest BCUT2D eigenvalue weighted by Gasteiger charge is 2.07. The van der Waals surface area contributed by atoms with Gasteiger partial charge in [-0.25, -0.2) is 14.4 Å². The Morgan fingerprint density at radius 2 is 1.54 bits per heavy atom. The average Bonchev–Trinajstić information content (AvgIpc) is 2.70. The molecule has 0 unspecified atom stereocenters. The van der Waals surface area contributed by atoms with E-state index in [0.717, 1.165) is 5.56 Å². The van der Waals surface area contributed by atoms with E-state index in [1.54, 1.807) is 54.6 Å². The minimum Gasteiger partial charge on any atom is -0.465 e. The first kappa shape index (κ1) is 18.9. The predicted octanol–water partition coefficient (Wildman–Crippen LogP) is 3.02. The van der Waals surface area contributed by atoms with Gasteiger partial charge in [0.25, 0.3) is 0 Å². The lowest BCUT2D eigenvalue weighted by Crippen LogP contribution is -2.04. The Bertz CT molecular complexity index is 820. The van der Waals surface area contributed by atoms with E-state index in [1.165, 1.54) is 20.3 Å². The van der Waals surface area contributed by atoms with Crippen molar-refractivity contribution in [2.75, 3.05) is 14.2 Å². The highest BCUT2D eigenvalue weighted by molar-refractivity contribution is 5.90. The predicted molar refractivity (Wildman–Crippen MR) is 94.4 cm³/mol. The largest absolute Gasteiger partial charge is 0.465 e. The topological polar surface area (TPSA) is 78.9 Å². The molecule has 0 fully saturated rings. The monoisotopic (exact) mass is 354 g/mol. The maximum absolute atomic E-state index is 11.8. The Morgan fingerprint density at radius 3 is 2.19 bits per heavy atom. The first-order chi connectivity index (χ1) is 12.5. The molecule has 0 spiro atoms. The van der Waals surface area contributed by atoms with Crippen molar-refractivity contribution in [2.24, 2.45) is 0 Å². The molecule has 134 valence electrons. The van der Waals surface area contributed by atoms with E-state index < -0.39 is 17.9 Å². The Kier molecular flexibility index (Phi) is 6.68. The van der Waals surface area contributed by atoms with Gasteiger partial charge in [-0.2, -0.15) is 0 Å². The SMILES string of the molecule is COC(=O)c1ccc(/C=C/C(=O)OCc2cccc(C(=O)OC)c2)cc1. The standard InChI is InChI=1S/C20H18O6/c1-24-19(22)16-9-6-14(7-10-16)8-11-18(21)26-13-15-4-3-5-17(12-15)20(23)25-2/h3-12H,13H2,1-2H3/b11-8+. The highest BCUT2D eigenvalue weighted by Crippen LogP contribution is 2.10. The quantitative estimate of drug-likeness (QED) is 0.451. The van der Waals surface area contributed by atoms with E-state index >= 15 is 0 Å². The average molecular weight is 354 g/mol. The molecule has 0 saturated heterocycles. The van der Waals surface area contributed by atoms with Gasteiger partial charge in [0.15, 0.2) is 0 Å². The fraction of sp³-hybridized carbons (Fsp3) is 0.150. The van der Waals surface area contributed by atoms with Gasteiger partial charge in [0, 0.05) is 6.08 Å². The summed E-state index contributed by atoms with van der Waals surface area (Å²) in [5, 5.41) is 0. The second-order valence-electron chi connectivity index (χ2n) is 5.25. The molecule has 6 nitrogen and oxygen atoms in total. The van der Waals surface area contributed by atoms with E-state index in [4.69, 9.17) is 4.74 Å². The molecule has 0 amide bonds. The number of hydrogen-bond donors (Lipinski definition) is 0. The van der Waals surface area contributed by atoms with Crippen molar-refractivity contribution in [1.29, 1.82) is 0 Å². The fourth-order valence-electron chi connectivity index (χ4n) is 2.12. The van der Waals surface area contributed by atoms with Crippen LogP contribution in [0, 0.1) is 0 Å². The van der Waals surface area contributed by atoms with Crippen LogP contribution in [-0.2, 0) is 25.6 Å². The molecule has 0 aliphatic carbocycles. The van der Waals surface area contributed by atoms with Gasteiger partial charge in [-0.15, -0.1) is 0 Å². The molecule has 0 aliphatic rings. The summed E-state index contributed by atoms with van der Waals surface area (Å²) in [5.74, 6) is -1.40. The van der Waals surface area contributed by atoms with Crippen LogP contribution in [0.4, 0.5) is 0 Å². The first-order valence-corrected chi connectivity index (χ1v) is 7.74. The summed E-state index contributed by atoms with van der Waals surface area (Å²) in [4.78, 5) is 34.6. The van der Waals surface area contributed by atoms with E-state index in [1.807, 2.05) is 0 Å². The van der Waals surface area contributed by atoms with Gasteiger partial charge < -0.3 is 14.2 Å². The summed E-state index contributed by atoms with van der Waals surface area (Å²) >= 11 is 0. The van der Waals surface area contributed by atoms with Gasteiger partial charge in [0.1, 0.15) is 6.61 Å². The van der Waals surface area contributed by atoms with Crippen molar-refractivity contribution in [3.05, 3.63) is 76.9 Å². The maximum atomic E-state index is 11.8. The molecule has 0 aromatic heterocycles. The van der Waals surface area contributed by atoms with Crippen LogP contribution >= 0.6 is 0 Å². The second kappa shape index (κ2) is 9.17. The Labute approximate surface area is 151 Å². The number of benzene rings is 2. The summed E-state index contributed by atoms with van der Waals surface area (Å²) in [6, 6.07) is 13.3. The Balaban J connectivity index is 1.91. The molecule has 0 aliphatic heterocycles. The molecular formula is C20H18O6. The van der Waals surface area contributed by atoms with Crippen LogP contribution in [0.25, 0.3) is 6.08 Å². The fourth-order valence-corrected chi connectivity index (χ4v) is 2.12. The van der Waals surface area contributed by atoms with Crippen LogP contribution < -0.4 is 0 Å². The number of carbonyl (C=O) groups is 3. The van der Waals surface area contributed by atoms with E-state index in [0.29, 0.717) is 16.7 Å². The summed E-state index contributed by atoms with van der Waals surface area (Å²) in [6.07, 6.45) is 2.87. The van der Waals surface area contributed by atoms with Crippen LogP contribution in [0.2, 0.25) is 0 Å². The summed E-state index contributed by atoms with van der Waals surface area (Å²) in [5.41, 5.74) is 2.24. The molecule has 0 radical (unpaired) electrons. The molecule has 2 aromatic rings. The zero-order valence-corrected chi connectivity index (χ0v) is 14.4. The molecule has 2 aromatic carbocycles. The Hall–Kier alpha value is -3.41. The van der Waals surface area contributed by atoms with Gasteiger partial charge in [-0.1, -0.05) is 24.3 Å². The zero-order chi connectivity index (χ0) is 18.9. The number of esters is 3. The molecule has 0 N–H and O–H groups in total. The molecule has 0 heterocycles. The highest BCUT2D eigenvalue weighted by atomic mass is 16.5. The molecule has 6 heteroatoms. The number of rotatable bonds is 6. The lowest BCUT2D eigenvalue weighted by molar-refractivity contribution is -0.138. The lowest BCUT2D eigenvalue weighted by atomic mass is 10.1. The van der Waals surface area contributed by atoms with Gasteiger partial charge in [0.05, 0.1) is 25.3 Å². The third-order valence-electron chi connectivity index (χ3n) is 3.47. The minimum absolute atomic E-state index is 0.0370. The number of ether oxygens (including phenoxy) is 3. The number of methoxy groups -OCH3 is 2. The normalized spacial score (nSPS) is 10.4. The molecule has 26 heavy (non-hydrogen) atoms. The van der Waals surface area contributed by atoms with Crippen LogP contribution in [0.5, 0.6) is 0 Å². The van der Waals surface area contributed by atoms with Crippen molar-refractivity contribution >= 4 is 24.0 Å². The third kappa shape index (κ3) is 5.31. The van der Waals surface area contributed by atoms with Gasteiger partial charge in [-0.3, -0.25) is 0 Å². The zero-order valence-electron chi connectivity index (χ0n) is 14.4. The van der Waals surface area contributed by atoms with Crippen LogP contribution in [0.15, 0.2) is 54.6 Å². The van der Waals surface area contributed by atoms with Crippen molar-refractivity contribution in [1.82, 2.24) is 0 Å². The first-order valence-electron chi connectivity index (χ1n) is 7.74. The minimum atomic E-state index is -0.523. The van der Waals surface area contributed by atoms with Crippen LogP contribution in [0.3, 0.4) is 0 Å². The molecule has 0 saturated carbocycles. The maximum Gasteiger partial charge on any atom is 0.337 e. The third-order valence-corrected chi connectivity index (χ3v) is 3.47. The molecular weight excluding hydrogens is 336 g/mol. The Morgan fingerprint density at radius 1 is 0.885 bits per heavy atom. The summed E-state index contributed by atoms with van der Waals surface area (Å²) < 4.78 is 14.4. The summed E-state index contributed by atoms with van der Waals surface area (Å²) in [6.45, 7) is 0.0370. The van der Waals surface area contributed by atoms with E-state index in [9.17, 15) is 14.4 Å². The van der Waals surface area contributed by atoms with Crippen molar-refractivity contribution < 1.29 is 28.6 Å². The smallest absolute Gasteiger partial charge is 0.337 e. The lowest BCUT2D eigenvalue weighted by Gasteiger charge is -2.04. The van der Waals surface area contributed by atoms with E-state index in [2.05, 4.69) is 9.47 Å².